The Labute approximate surface area is 82.9 Å². The van der Waals surface area contributed by atoms with Crippen molar-refractivity contribution in [3.8, 4) is 5.75 Å². The summed E-state index contributed by atoms with van der Waals surface area (Å²) in [5.74, 6) is 0.631. The van der Waals surface area contributed by atoms with Gasteiger partial charge < -0.3 is 15.8 Å². The van der Waals surface area contributed by atoms with Gasteiger partial charge >= 0.3 is 0 Å². The predicted octanol–water partition coefficient (Wildman–Crippen LogP) is 2.04. The minimum absolute atomic E-state index is 0.601. The van der Waals surface area contributed by atoms with Gasteiger partial charge in [-0.05, 0) is 19.1 Å². The van der Waals surface area contributed by atoms with Crippen molar-refractivity contribution in [1.29, 1.82) is 0 Å². The van der Waals surface area contributed by atoms with Crippen LogP contribution in [-0.2, 0) is 0 Å². The van der Waals surface area contributed by atoms with E-state index in [0.29, 0.717) is 16.4 Å². The molecule has 0 saturated carbocycles. The minimum Gasteiger partial charge on any atom is -0.492 e. The highest BCUT2D eigenvalue weighted by Crippen LogP contribution is 2.30. The van der Waals surface area contributed by atoms with Gasteiger partial charge in [0.25, 0.3) is 0 Å². The summed E-state index contributed by atoms with van der Waals surface area (Å²) < 4.78 is 5.13. The number of para-hydroxylation sites is 1. The van der Waals surface area contributed by atoms with Crippen molar-refractivity contribution in [3.63, 3.8) is 0 Å². The fourth-order valence-corrected chi connectivity index (χ4v) is 1.18. The maximum Gasteiger partial charge on any atom is 0.165 e. The van der Waals surface area contributed by atoms with Crippen molar-refractivity contribution in [2.75, 3.05) is 18.2 Å². The monoisotopic (exact) mass is 196 g/mol. The van der Waals surface area contributed by atoms with E-state index in [1.54, 1.807) is 20.1 Å². The van der Waals surface area contributed by atoms with E-state index in [9.17, 15) is 0 Å². The summed E-state index contributed by atoms with van der Waals surface area (Å²) in [6, 6.07) is 5.49. The maximum absolute atomic E-state index is 5.70. The number of thiocarbonyl (C=S) groups is 1. The van der Waals surface area contributed by atoms with Gasteiger partial charge in [-0.1, -0.05) is 18.3 Å². The topological polar surface area (TPSA) is 47.3 Å². The minimum atomic E-state index is 0.601. The van der Waals surface area contributed by atoms with E-state index >= 15 is 0 Å². The van der Waals surface area contributed by atoms with Crippen molar-refractivity contribution in [3.05, 3.63) is 18.2 Å². The largest absolute Gasteiger partial charge is 0.492 e. The lowest BCUT2D eigenvalue weighted by Gasteiger charge is -2.11. The molecule has 0 aliphatic carbocycles. The number of nitrogen functional groups attached to an aromatic ring is 1. The Bertz CT molecular complexity index is 325. The third-order valence-corrected chi connectivity index (χ3v) is 1.66. The normalized spacial score (nSPS) is 9.38. The van der Waals surface area contributed by atoms with Crippen molar-refractivity contribution in [2.45, 2.75) is 6.92 Å². The fourth-order valence-electron chi connectivity index (χ4n) is 1.07. The standard InChI is InChI=1S/C9H12N2OS/c1-6(13)11-8-5-3-4-7(10)9(8)12-2/h3-5H,10H2,1-2H3,(H,11,13). The second-order valence-electron chi connectivity index (χ2n) is 2.61. The number of benzene rings is 1. The van der Waals surface area contributed by atoms with E-state index in [2.05, 4.69) is 5.32 Å². The molecule has 1 rings (SSSR count). The second kappa shape index (κ2) is 4.09. The third-order valence-electron chi connectivity index (χ3n) is 1.56. The van der Waals surface area contributed by atoms with Crippen LogP contribution in [0.2, 0.25) is 0 Å². The zero-order chi connectivity index (χ0) is 9.84. The van der Waals surface area contributed by atoms with E-state index in [4.69, 9.17) is 22.7 Å². The van der Waals surface area contributed by atoms with Crippen LogP contribution in [0.1, 0.15) is 6.92 Å². The maximum atomic E-state index is 5.70. The molecule has 0 bridgehead atoms. The first-order chi connectivity index (χ1) is 6.15. The molecular weight excluding hydrogens is 184 g/mol. The van der Waals surface area contributed by atoms with Crippen LogP contribution in [0.3, 0.4) is 0 Å². The molecule has 0 aromatic heterocycles. The molecule has 0 spiro atoms. The zero-order valence-electron chi connectivity index (χ0n) is 7.63. The van der Waals surface area contributed by atoms with E-state index < -0.39 is 0 Å². The molecule has 0 saturated heterocycles. The van der Waals surface area contributed by atoms with Crippen LogP contribution in [0.4, 0.5) is 11.4 Å². The Kier molecular flexibility index (Phi) is 3.08. The van der Waals surface area contributed by atoms with E-state index in [-0.39, 0.29) is 0 Å². The third kappa shape index (κ3) is 2.32. The van der Waals surface area contributed by atoms with E-state index in [1.165, 1.54) is 0 Å². The van der Waals surface area contributed by atoms with Crippen LogP contribution in [-0.4, -0.2) is 12.1 Å². The van der Waals surface area contributed by atoms with Gasteiger partial charge in [0.05, 0.1) is 23.5 Å². The molecule has 13 heavy (non-hydrogen) atoms. The van der Waals surface area contributed by atoms with Crippen molar-refractivity contribution >= 4 is 28.6 Å². The van der Waals surface area contributed by atoms with Gasteiger partial charge in [0.2, 0.25) is 0 Å². The van der Waals surface area contributed by atoms with E-state index in [0.717, 1.165) is 5.69 Å². The molecule has 3 N–H and O–H groups in total. The number of methoxy groups -OCH3 is 1. The first-order valence-corrected chi connectivity index (χ1v) is 4.26. The summed E-state index contributed by atoms with van der Waals surface area (Å²) in [5, 5.41) is 2.99. The fraction of sp³-hybridized carbons (Fsp3) is 0.222. The Morgan fingerprint density at radius 3 is 2.77 bits per heavy atom. The lowest BCUT2D eigenvalue weighted by atomic mass is 10.2. The van der Waals surface area contributed by atoms with Crippen molar-refractivity contribution in [1.82, 2.24) is 0 Å². The predicted molar refractivity (Wildman–Crippen MR) is 59.3 cm³/mol. The van der Waals surface area contributed by atoms with Gasteiger partial charge in [0.1, 0.15) is 0 Å². The van der Waals surface area contributed by atoms with Crippen molar-refractivity contribution < 1.29 is 4.74 Å². The Balaban J connectivity index is 3.05. The van der Waals surface area contributed by atoms with Gasteiger partial charge in [-0.2, -0.15) is 0 Å². The van der Waals surface area contributed by atoms with Crippen LogP contribution in [0.15, 0.2) is 18.2 Å². The molecule has 0 heterocycles. The summed E-state index contributed by atoms with van der Waals surface area (Å²) in [6.07, 6.45) is 0. The number of ether oxygens (including phenoxy) is 1. The molecule has 0 fully saturated rings. The summed E-state index contributed by atoms with van der Waals surface area (Å²) in [7, 11) is 1.58. The highest BCUT2D eigenvalue weighted by atomic mass is 32.1. The van der Waals surface area contributed by atoms with Crippen LogP contribution < -0.4 is 15.8 Å². The number of nitrogens with two attached hydrogens (primary N) is 1. The van der Waals surface area contributed by atoms with Gasteiger partial charge in [-0.15, -0.1) is 0 Å². The second-order valence-corrected chi connectivity index (χ2v) is 3.22. The Morgan fingerprint density at radius 2 is 2.23 bits per heavy atom. The first kappa shape index (κ1) is 9.80. The molecule has 3 nitrogen and oxygen atoms in total. The number of anilines is 2. The van der Waals surface area contributed by atoms with Gasteiger partial charge in [-0.25, -0.2) is 0 Å². The summed E-state index contributed by atoms with van der Waals surface area (Å²) in [6.45, 7) is 1.80. The lowest BCUT2D eigenvalue weighted by molar-refractivity contribution is 0.419. The molecule has 0 atom stereocenters. The Hall–Kier alpha value is -1.29. The molecule has 0 radical (unpaired) electrons. The molecule has 4 heteroatoms. The number of nitrogens with one attached hydrogen (secondary N) is 1. The number of hydrogen-bond donors (Lipinski definition) is 2. The molecule has 0 aliphatic heterocycles. The molecule has 1 aromatic rings. The molecule has 1 aromatic carbocycles. The highest BCUT2D eigenvalue weighted by Gasteiger charge is 2.05. The summed E-state index contributed by atoms with van der Waals surface area (Å²) >= 11 is 4.92. The SMILES string of the molecule is COc1c(N)cccc1NC(C)=S. The quantitative estimate of drug-likeness (QED) is 0.561. The number of hydrogen-bond acceptors (Lipinski definition) is 3. The molecule has 70 valence electrons. The van der Waals surface area contributed by atoms with Gasteiger partial charge in [0, 0.05) is 0 Å². The van der Waals surface area contributed by atoms with Gasteiger partial charge in [0.15, 0.2) is 5.75 Å². The van der Waals surface area contributed by atoms with Crippen molar-refractivity contribution in [2.24, 2.45) is 0 Å². The summed E-state index contributed by atoms with van der Waals surface area (Å²) in [4.78, 5) is 0.684. The molecule has 0 aliphatic rings. The highest BCUT2D eigenvalue weighted by molar-refractivity contribution is 7.80. The zero-order valence-corrected chi connectivity index (χ0v) is 8.44. The molecule has 0 unspecified atom stereocenters. The molecule has 0 amide bonds. The average molecular weight is 196 g/mol. The van der Waals surface area contributed by atoms with Crippen LogP contribution in [0.5, 0.6) is 5.75 Å². The van der Waals surface area contributed by atoms with Crippen LogP contribution in [0.25, 0.3) is 0 Å². The van der Waals surface area contributed by atoms with Crippen LogP contribution in [0, 0.1) is 0 Å². The van der Waals surface area contributed by atoms with E-state index in [1.807, 2.05) is 12.1 Å². The smallest absolute Gasteiger partial charge is 0.165 e. The number of rotatable bonds is 2. The summed E-state index contributed by atoms with van der Waals surface area (Å²) in [5.41, 5.74) is 7.10. The molecular formula is C9H12N2OS. The lowest BCUT2D eigenvalue weighted by Crippen LogP contribution is -2.06. The van der Waals surface area contributed by atoms with Crippen LogP contribution >= 0.6 is 12.2 Å². The first-order valence-electron chi connectivity index (χ1n) is 3.85. The Morgan fingerprint density at radius 1 is 1.54 bits per heavy atom. The van der Waals surface area contributed by atoms with Gasteiger partial charge in [-0.3, -0.25) is 0 Å². The average Bonchev–Trinajstić information content (AvgIpc) is 2.03.